The van der Waals surface area contributed by atoms with Gasteiger partial charge in [-0.05, 0) is 61.9 Å². The molecule has 0 saturated carbocycles. The Morgan fingerprint density at radius 1 is 1.07 bits per heavy atom. The van der Waals surface area contributed by atoms with Gasteiger partial charge in [0.25, 0.3) is 0 Å². The van der Waals surface area contributed by atoms with E-state index in [0.29, 0.717) is 0 Å². The molecule has 0 bridgehead atoms. The molecule has 2 amide bonds. The molecule has 0 aliphatic carbocycles. The SMILES string of the molecule is Cc1cc(N2CCSCC2)ccc1NC(=O)N1CCCCC1Cc1ccccc1. The van der Waals surface area contributed by atoms with E-state index >= 15 is 0 Å². The lowest BCUT2D eigenvalue weighted by Crippen LogP contribution is -2.47. The number of benzene rings is 2. The zero-order valence-corrected chi connectivity index (χ0v) is 18.1. The predicted molar refractivity (Wildman–Crippen MR) is 124 cm³/mol. The molecule has 0 spiro atoms. The number of rotatable bonds is 4. The van der Waals surface area contributed by atoms with Crippen LogP contribution in [0.5, 0.6) is 0 Å². The summed E-state index contributed by atoms with van der Waals surface area (Å²) < 4.78 is 0. The van der Waals surface area contributed by atoms with Gasteiger partial charge in [-0.1, -0.05) is 30.3 Å². The van der Waals surface area contributed by atoms with Crippen molar-refractivity contribution in [2.45, 2.75) is 38.6 Å². The number of amides is 2. The van der Waals surface area contributed by atoms with Gasteiger partial charge >= 0.3 is 6.03 Å². The first-order chi connectivity index (χ1) is 14.2. The Hall–Kier alpha value is -2.14. The van der Waals surface area contributed by atoms with E-state index in [9.17, 15) is 4.79 Å². The van der Waals surface area contributed by atoms with Crippen LogP contribution in [-0.2, 0) is 6.42 Å². The Morgan fingerprint density at radius 3 is 2.62 bits per heavy atom. The maximum absolute atomic E-state index is 13.1. The Morgan fingerprint density at radius 2 is 1.86 bits per heavy atom. The average Bonchev–Trinajstić information content (AvgIpc) is 2.77. The molecular weight excluding hydrogens is 378 g/mol. The molecule has 4 nitrogen and oxygen atoms in total. The van der Waals surface area contributed by atoms with Crippen LogP contribution in [0.1, 0.15) is 30.4 Å². The number of hydrogen-bond acceptors (Lipinski definition) is 3. The second-order valence-corrected chi connectivity index (χ2v) is 9.29. The van der Waals surface area contributed by atoms with Crippen molar-refractivity contribution >= 4 is 29.2 Å². The van der Waals surface area contributed by atoms with Gasteiger partial charge in [0.2, 0.25) is 0 Å². The molecule has 0 radical (unpaired) electrons. The highest BCUT2D eigenvalue weighted by molar-refractivity contribution is 7.99. The fourth-order valence-electron chi connectivity index (χ4n) is 4.36. The number of thioether (sulfide) groups is 1. The van der Waals surface area contributed by atoms with E-state index < -0.39 is 0 Å². The fourth-order valence-corrected chi connectivity index (χ4v) is 5.26. The van der Waals surface area contributed by atoms with Crippen LogP contribution >= 0.6 is 11.8 Å². The molecule has 2 fully saturated rings. The lowest BCUT2D eigenvalue weighted by Gasteiger charge is -2.36. The summed E-state index contributed by atoms with van der Waals surface area (Å²) in [5, 5.41) is 3.19. The van der Waals surface area contributed by atoms with E-state index in [2.05, 4.69) is 59.6 Å². The van der Waals surface area contributed by atoms with Gasteiger partial charge in [-0.25, -0.2) is 4.79 Å². The first-order valence-corrected chi connectivity index (χ1v) is 11.9. The van der Waals surface area contributed by atoms with E-state index in [1.54, 1.807) is 0 Å². The van der Waals surface area contributed by atoms with Crippen LogP contribution in [0, 0.1) is 6.92 Å². The Bertz CT molecular complexity index is 820. The first kappa shape index (κ1) is 20.1. The molecule has 4 rings (SSSR count). The first-order valence-electron chi connectivity index (χ1n) is 10.8. The average molecular weight is 410 g/mol. The minimum absolute atomic E-state index is 0.0378. The van der Waals surface area contributed by atoms with Crippen molar-refractivity contribution in [3.05, 3.63) is 59.7 Å². The number of likely N-dealkylation sites (tertiary alicyclic amines) is 1. The molecule has 0 aromatic heterocycles. The second-order valence-electron chi connectivity index (χ2n) is 8.06. The van der Waals surface area contributed by atoms with E-state index in [0.717, 1.165) is 50.1 Å². The molecule has 29 heavy (non-hydrogen) atoms. The Balaban J connectivity index is 1.43. The quantitative estimate of drug-likeness (QED) is 0.756. The zero-order chi connectivity index (χ0) is 20.1. The van der Waals surface area contributed by atoms with Crippen LogP contribution in [0.4, 0.5) is 16.2 Å². The summed E-state index contributed by atoms with van der Waals surface area (Å²) in [6.07, 6.45) is 4.29. The number of carbonyl (C=O) groups is 1. The van der Waals surface area contributed by atoms with Crippen LogP contribution in [0.25, 0.3) is 0 Å². The van der Waals surface area contributed by atoms with Crippen molar-refractivity contribution in [3.63, 3.8) is 0 Å². The summed E-state index contributed by atoms with van der Waals surface area (Å²) in [6.45, 7) is 5.14. The van der Waals surface area contributed by atoms with E-state index in [1.807, 2.05) is 22.7 Å². The summed E-state index contributed by atoms with van der Waals surface area (Å²) in [7, 11) is 0. The van der Waals surface area contributed by atoms with Crippen LogP contribution in [-0.4, -0.2) is 48.1 Å². The highest BCUT2D eigenvalue weighted by atomic mass is 32.2. The number of nitrogens with one attached hydrogen (secondary N) is 1. The summed E-state index contributed by atoms with van der Waals surface area (Å²) in [5.74, 6) is 2.38. The molecule has 1 atom stereocenters. The second kappa shape index (κ2) is 9.57. The molecule has 1 N–H and O–H groups in total. The molecule has 2 aliphatic heterocycles. The van der Waals surface area contributed by atoms with E-state index in [4.69, 9.17) is 0 Å². The van der Waals surface area contributed by atoms with Crippen LogP contribution in [0.3, 0.4) is 0 Å². The summed E-state index contributed by atoms with van der Waals surface area (Å²) in [5.41, 5.74) is 4.62. The largest absolute Gasteiger partial charge is 0.370 e. The maximum Gasteiger partial charge on any atom is 0.322 e. The highest BCUT2D eigenvalue weighted by Crippen LogP contribution is 2.27. The molecule has 2 aliphatic rings. The Labute approximate surface area is 178 Å². The third kappa shape index (κ3) is 5.08. The summed E-state index contributed by atoms with van der Waals surface area (Å²) in [6, 6.07) is 17.3. The standard InChI is InChI=1S/C24H31N3OS/c1-19-17-21(26-13-15-29-16-14-26)10-11-23(19)25-24(28)27-12-6-5-9-22(27)18-20-7-3-2-4-8-20/h2-4,7-8,10-11,17,22H,5-6,9,12-16,18H2,1H3,(H,25,28). The van der Waals surface area contributed by atoms with Crippen molar-refractivity contribution in [2.75, 3.05) is 41.4 Å². The number of anilines is 2. The zero-order valence-electron chi connectivity index (χ0n) is 17.3. The monoisotopic (exact) mass is 409 g/mol. The summed E-state index contributed by atoms with van der Waals surface area (Å²) in [4.78, 5) is 17.6. The highest BCUT2D eigenvalue weighted by Gasteiger charge is 2.27. The minimum Gasteiger partial charge on any atom is -0.370 e. The Kier molecular flexibility index (Phi) is 6.65. The fraction of sp³-hybridized carbons (Fsp3) is 0.458. The molecule has 2 aromatic rings. The summed E-state index contributed by atoms with van der Waals surface area (Å²) >= 11 is 2.02. The molecule has 5 heteroatoms. The molecule has 2 saturated heterocycles. The number of carbonyl (C=O) groups excluding carboxylic acids is 1. The molecule has 2 heterocycles. The third-order valence-electron chi connectivity index (χ3n) is 6.03. The van der Waals surface area contributed by atoms with Gasteiger partial charge < -0.3 is 15.1 Å². The van der Waals surface area contributed by atoms with Crippen LogP contribution in [0.15, 0.2) is 48.5 Å². The topological polar surface area (TPSA) is 35.6 Å². The minimum atomic E-state index is 0.0378. The van der Waals surface area contributed by atoms with Gasteiger partial charge in [-0.2, -0.15) is 11.8 Å². The van der Waals surface area contributed by atoms with Gasteiger partial charge in [0.05, 0.1) is 0 Å². The number of aryl methyl sites for hydroxylation is 1. The maximum atomic E-state index is 13.1. The van der Waals surface area contributed by atoms with Crippen molar-refractivity contribution < 1.29 is 4.79 Å². The predicted octanol–water partition coefficient (Wildman–Crippen LogP) is 5.18. The molecule has 2 aromatic carbocycles. The van der Waals surface area contributed by atoms with Crippen LogP contribution in [0.2, 0.25) is 0 Å². The van der Waals surface area contributed by atoms with Crippen molar-refractivity contribution in [2.24, 2.45) is 0 Å². The molecule has 154 valence electrons. The van der Waals surface area contributed by atoms with Gasteiger partial charge in [0.1, 0.15) is 0 Å². The molecular formula is C24H31N3OS. The van der Waals surface area contributed by atoms with Gasteiger partial charge in [0, 0.05) is 48.6 Å². The van der Waals surface area contributed by atoms with Gasteiger partial charge in [0.15, 0.2) is 0 Å². The van der Waals surface area contributed by atoms with Gasteiger partial charge in [-0.15, -0.1) is 0 Å². The van der Waals surface area contributed by atoms with Crippen molar-refractivity contribution in [1.82, 2.24) is 4.90 Å². The number of hydrogen-bond donors (Lipinski definition) is 1. The number of urea groups is 1. The van der Waals surface area contributed by atoms with Gasteiger partial charge in [-0.3, -0.25) is 0 Å². The van der Waals surface area contributed by atoms with Crippen LogP contribution < -0.4 is 10.2 Å². The lowest BCUT2D eigenvalue weighted by molar-refractivity contribution is 0.162. The number of piperidine rings is 1. The van der Waals surface area contributed by atoms with E-state index in [-0.39, 0.29) is 12.1 Å². The third-order valence-corrected chi connectivity index (χ3v) is 6.97. The smallest absolute Gasteiger partial charge is 0.322 e. The van der Waals surface area contributed by atoms with Crippen molar-refractivity contribution in [1.29, 1.82) is 0 Å². The van der Waals surface area contributed by atoms with Crippen molar-refractivity contribution in [3.8, 4) is 0 Å². The number of nitrogens with zero attached hydrogens (tertiary/aromatic N) is 2. The molecule has 1 unspecified atom stereocenters. The normalized spacial score (nSPS) is 19.8. The van der Waals surface area contributed by atoms with E-state index in [1.165, 1.54) is 29.2 Å². The lowest BCUT2D eigenvalue weighted by atomic mass is 9.96.